The Morgan fingerprint density at radius 2 is 1.62 bits per heavy atom. The average Bonchev–Trinajstić information content (AvgIpc) is 3.59. The molecule has 2 aromatic carbocycles. The molecule has 4 amide bonds. The molecule has 0 spiro atoms. The van der Waals surface area contributed by atoms with Gasteiger partial charge in [0.15, 0.2) is 0 Å². The molecule has 274 valence electrons. The molecule has 3 aliphatic heterocycles. The maximum absolute atomic E-state index is 13.9. The van der Waals surface area contributed by atoms with Gasteiger partial charge in [-0.2, -0.15) is 0 Å². The van der Waals surface area contributed by atoms with Gasteiger partial charge in [-0.1, -0.05) is 48.5 Å². The van der Waals surface area contributed by atoms with E-state index in [2.05, 4.69) is 11.0 Å². The highest BCUT2D eigenvalue weighted by Gasteiger charge is 2.52. The normalized spacial score (nSPS) is 22.4. The smallest absolute Gasteiger partial charge is 0.410 e. The molecule has 0 radical (unpaired) electrons. The second kappa shape index (κ2) is 15.1. The number of hydrogen-bond acceptors (Lipinski definition) is 8. The molecule has 4 atom stereocenters. The fourth-order valence-electron chi connectivity index (χ4n) is 8.45. The lowest BCUT2D eigenvalue weighted by Gasteiger charge is -2.48. The topological polar surface area (TPSA) is 113 Å². The number of likely N-dealkylation sites (tertiary alicyclic amines) is 1. The number of aromatic nitrogens is 1. The Bertz CT molecular complexity index is 1760. The van der Waals surface area contributed by atoms with Gasteiger partial charge < -0.3 is 9.47 Å². The molecule has 2 saturated heterocycles. The maximum atomic E-state index is 13.9. The third-order valence-electron chi connectivity index (χ3n) is 10.8. The van der Waals surface area contributed by atoms with Crippen molar-refractivity contribution in [1.82, 2.24) is 24.6 Å². The van der Waals surface area contributed by atoms with E-state index in [4.69, 9.17) is 14.5 Å². The van der Waals surface area contributed by atoms with Crippen molar-refractivity contribution >= 4 is 24.0 Å². The molecular weight excluding hydrogens is 658 g/mol. The summed E-state index contributed by atoms with van der Waals surface area (Å²) in [7, 11) is 0. The van der Waals surface area contributed by atoms with Gasteiger partial charge in [0.25, 0.3) is 11.8 Å². The molecular formula is C41H49N5O6. The van der Waals surface area contributed by atoms with Crippen LogP contribution in [0.15, 0.2) is 72.9 Å². The van der Waals surface area contributed by atoms with Gasteiger partial charge in [0, 0.05) is 25.8 Å². The van der Waals surface area contributed by atoms with E-state index < -0.39 is 5.60 Å². The number of carbonyl (C=O) groups is 4. The summed E-state index contributed by atoms with van der Waals surface area (Å²) in [5.41, 5.74) is 3.44. The molecule has 7 rings (SSSR count). The van der Waals surface area contributed by atoms with Crippen molar-refractivity contribution < 1.29 is 28.7 Å². The summed E-state index contributed by atoms with van der Waals surface area (Å²) in [6.45, 7) is 7.66. The number of unbranched alkanes of at least 4 members (excludes halogenated alkanes) is 1. The Kier molecular flexibility index (Phi) is 10.3. The Morgan fingerprint density at radius 1 is 0.885 bits per heavy atom. The minimum Gasteiger partial charge on any atom is -0.445 e. The van der Waals surface area contributed by atoms with E-state index in [0.717, 1.165) is 49.8 Å². The van der Waals surface area contributed by atoms with E-state index in [0.29, 0.717) is 43.7 Å². The first-order chi connectivity index (χ1) is 25.1. The van der Waals surface area contributed by atoms with E-state index in [9.17, 15) is 19.2 Å². The number of piperazine rings is 1. The summed E-state index contributed by atoms with van der Waals surface area (Å²) >= 11 is 0. The fraction of sp³-hybridized carbons (Fsp3) is 0.488. The van der Waals surface area contributed by atoms with Gasteiger partial charge >= 0.3 is 12.2 Å². The zero-order valence-electron chi connectivity index (χ0n) is 30.4. The largest absolute Gasteiger partial charge is 0.445 e. The highest BCUT2D eigenvalue weighted by Crippen LogP contribution is 2.39. The lowest BCUT2D eigenvalue weighted by atomic mass is 9.90. The predicted molar refractivity (Wildman–Crippen MR) is 195 cm³/mol. The number of carbonyl (C=O) groups excluding carboxylic acids is 4. The number of hydrogen-bond donors (Lipinski definition) is 0. The van der Waals surface area contributed by atoms with Crippen molar-refractivity contribution in [1.29, 1.82) is 0 Å². The van der Waals surface area contributed by atoms with Crippen molar-refractivity contribution in [2.24, 2.45) is 0 Å². The quantitative estimate of drug-likeness (QED) is 0.171. The molecule has 1 aliphatic carbocycles. The number of ether oxygens (including phenoxy) is 2. The van der Waals surface area contributed by atoms with Crippen LogP contribution in [-0.2, 0) is 22.5 Å². The van der Waals surface area contributed by atoms with Crippen LogP contribution in [0.25, 0.3) is 0 Å². The minimum atomic E-state index is -0.678. The second-order valence-corrected chi connectivity index (χ2v) is 15.4. The molecule has 11 heteroatoms. The Balaban J connectivity index is 1.13. The van der Waals surface area contributed by atoms with Gasteiger partial charge in [0.2, 0.25) is 0 Å². The fourth-order valence-corrected chi connectivity index (χ4v) is 8.45. The number of benzene rings is 2. The number of rotatable bonds is 10. The zero-order valence-corrected chi connectivity index (χ0v) is 30.4. The highest BCUT2D eigenvalue weighted by atomic mass is 16.6. The van der Waals surface area contributed by atoms with Gasteiger partial charge in [-0.05, 0) is 102 Å². The molecule has 3 aromatic rings. The van der Waals surface area contributed by atoms with Crippen LogP contribution in [0, 0.1) is 0 Å². The third-order valence-corrected chi connectivity index (χ3v) is 10.8. The Hall–Kier alpha value is -4.77. The lowest BCUT2D eigenvalue weighted by molar-refractivity contribution is -0.0330. The van der Waals surface area contributed by atoms with Crippen LogP contribution in [0.3, 0.4) is 0 Å². The first-order valence-corrected chi connectivity index (χ1v) is 18.7. The maximum Gasteiger partial charge on any atom is 0.410 e. The van der Waals surface area contributed by atoms with Crippen LogP contribution >= 0.6 is 0 Å². The predicted octanol–water partition coefficient (Wildman–Crippen LogP) is 6.63. The van der Waals surface area contributed by atoms with Gasteiger partial charge in [-0.15, -0.1) is 0 Å². The molecule has 2 bridgehead atoms. The number of imide groups is 1. The lowest BCUT2D eigenvalue weighted by Crippen LogP contribution is -2.65. The van der Waals surface area contributed by atoms with E-state index in [1.165, 1.54) is 10.5 Å². The summed E-state index contributed by atoms with van der Waals surface area (Å²) in [5, 5.41) is 0. The van der Waals surface area contributed by atoms with Crippen molar-refractivity contribution in [3.8, 4) is 0 Å². The minimum absolute atomic E-state index is 0.0161. The van der Waals surface area contributed by atoms with Crippen molar-refractivity contribution in [3.05, 3.63) is 101 Å². The van der Waals surface area contributed by atoms with Crippen molar-refractivity contribution in [3.63, 3.8) is 0 Å². The van der Waals surface area contributed by atoms with Crippen LogP contribution in [0.4, 0.5) is 9.59 Å². The van der Waals surface area contributed by atoms with Crippen LogP contribution in [-0.4, -0.2) is 98.5 Å². The zero-order chi connectivity index (χ0) is 36.4. The number of nitrogens with zero attached hydrogens (tertiary/aromatic N) is 5. The number of pyridine rings is 1. The first-order valence-electron chi connectivity index (χ1n) is 18.7. The number of aryl methyl sites for hydroxylation is 1. The molecule has 0 saturated carbocycles. The Labute approximate surface area is 305 Å². The SMILES string of the molecule is CC(C)(C)OC(=O)N1C[C@@H]2CC[C@H](C1CN(CCCCN1C(=O)c3ccccc3C1=O)[C@H]1CCCc3cccnc31)N2C(=O)OCc1ccccc1. The van der Waals surface area contributed by atoms with Crippen LogP contribution in [0.5, 0.6) is 0 Å². The average molecular weight is 708 g/mol. The van der Waals surface area contributed by atoms with Gasteiger partial charge in [0.05, 0.1) is 41.0 Å². The molecule has 2 fully saturated rings. The van der Waals surface area contributed by atoms with Gasteiger partial charge in [0.1, 0.15) is 12.2 Å². The molecule has 52 heavy (non-hydrogen) atoms. The van der Waals surface area contributed by atoms with Crippen molar-refractivity contribution in [2.75, 3.05) is 26.2 Å². The highest BCUT2D eigenvalue weighted by molar-refractivity contribution is 6.21. The summed E-state index contributed by atoms with van der Waals surface area (Å²) in [5.74, 6) is -0.485. The van der Waals surface area contributed by atoms with Crippen LogP contribution < -0.4 is 0 Å². The van der Waals surface area contributed by atoms with Crippen LogP contribution in [0.1, 0.15) is 103 Å². The molecule has 11 nitrogen and oxygen atoms in total. The van der Waals surface area contributed by atoms with E-state index >= 15 is 0 Å². The standard InChI is InChI=1S/C41H49N5O6/c1-41(2,3)52-39(49)45-25-30-20-21-33(46(30)40(50)51-27-28-13-5-4-6-14-28)35(45)26-43(34-19-11-15-29-16-12-22-42-36(29)34)23-9-10-24-44-37(47)31-17-7-8-18-32(31)38(44)48/h4-8,12-14,16-18,22,30,33-35H,9-11,15,19-21,23-27H2,1-3H3/t30-,33+,34-,35?/m0/s1. The number of amides is 4. The summed E-state index contributed by atoms with van der Waals surface area (Å²) in [4.78, 5) is 66.2. The van der Waals surface area contributed by atoms with Crippen LogP contribution in [0.2, 0.25) is 0 Å². The summed E-state index contributed by atoms with van der Waals surface area (Å²) < 4.78 is 11.8. The van der Waals surface area contributed by atoms with Gasteiger partial charge in [-0.25, -0.2) is 9.59 Å². The summed E-state index contributed by atoms with van der Waals surface area (Å²) in [6.07, 6.45) is 6.88. The molecule has 4 aliphatic rings. The Morgan fingerprint density at radius 3 is 2.35 bits per heavy atom. The van der Waals surface area contributed by atoms with E-state index in [1.807, 2.05) is 73.2 Å². The van der Waals surface area contributed by atoms with Crippen molar-refractivity contribution in [2.45, 2.75) is 102 Å². The van der Waals surface area contributed by atoms with E-state index in [-0.39, 0.29) is 54.8 Å². The van der Waals surface area contributed by atoms with E-state index in [1.54, 1.807) is 24.3 Å². The first kappa shape index (κ1) is 35.6. The second-order valence-electron chi connectivity index (χ2n) is 15.4. The third kappa shape index (κ3) is 7.42. The monoisotopic (exact) mass is 707 g/mol. The number of fused-ring (bicyclic) bond motifs is 4. The molecule has 4 heterocycles. The van der Waals surface area contributed by atoms with Gasteiger partial charge in [-0.3, -0.25) is 34.2 Å². The molecule has 1 unspecified atom stereocenters. The molecule has 1 aromatic heterocycles. The molecule has 0 N–H and O–H groups in total. The summed E-state index contributed by atoms with van der Waals surface area (Å²) in [6, 6.07) is 20.0.